The molecular formula is C10H17N5O2S. The molecule has 1 fully saturated rings. The van der Waals surface area contributed by atoms with Crippen LogP contribution < -0.4 is 10.6 Å². The number of sulfonamides is 1. The predicted octanol–water partition coefficient (Wildman–Crippen LogP) is -0.983. The maximum absolute atomic E-state index is 11.4. The van der Waals surface area contributed by atoms with Gasteiger partial charge in [0.25, 0.3) is 0 Å². The van der Waals surface area contributed by atoms with Gasteiger partial charge in [-0.3, -0.25) is 0 Å². The predicted molar refractivity (Wildman–Crippen MR) is 68.6 cm³/mol. The van der Waals surface area contributed by atoms with Crippen molar-refractivity contribution in [3.05, 3.63) is 17.8 Å². The van der Waals surface area contributed by atoms with E-state index in [0.717, 1.165) is 11.5 Å². The third-order valence-electron chi connectivity index (χ3n) is 2.95. The van der Waals surface area contributed by atoms with Crippen molar-refractivity contribution in [2.24, 2.45) is 5.73 Å². The van der Waals surface area contributed by atoms with Gasteiger partial charge >= 0.3 is 0 Å². The minimum atomic E-state index is -3.09. The fourth-order valence-electron chi connectivity index (χ4n) is 1.88. The van der Waals surface area contributed by atoms with Crippen molar-refractivity contribution < 1.29 is 8.42 Å². The third kappa shape index (κ3) is 2.95. The summed E-state index contributed by atoms with van der Waals surface area (Å²) in [5.41, 5.74) is 6.20. The number of hydrogen-bond acceptors (Lipinski definition) is 6. The van der Waals surface area contributed by atoms with Gasteiger partial charge in [0.15, 0.2) is 5.82 Å². The average molecular weight is 271 g/mol. The molecule has 0 amide bonds. The minimum absolute atomic E-state index is 0.370. The first-order chi connectivity index (χ1) is 8.50. The molecule has 1 aromatic rings. The number of aromatic nitrogens is 2. The molecule has 0 bridgehead atoms. The Bertz CT molecular complexity index is 494. The smallest absolute Gasteiger partial charge is 0.211 e. The first-order valence-corrected chi connectivity index (χ1v) is 7.58. The molecule has 100 valence electrons. The Kier molecular flexibility index (Phi) is 3.79. The van der Waals surface area contributed by atoms with Crippen molar-refractivity contribution in [2.45, 2.75) is 6.54 Å². The molecule has 0 aromatic carbocycles. The number of hydrogen-bond donors (Lipinski definition) is 1. The molecule has 7 nitrogen and oxygen atoms in total. The van der Waals surface area contributed by atoms with Crippen LogP contribution in [0.4, 0.5) is 5.82 Å². The van der Waals surface area contributed by atoms with Crippen LogP contribution in [0.3, 0.4) is 0 Å². The van der Waals surface area contributed by atoms with Gasteiger partial charge in [-0.1, -0.05) is 0 Å². The quantitative estimate of drug-likeness (QED) is 0.759. The first-order valence-electron chi connectivity index (χ1n) is 5.73. The zero-order valence-corrected chi connectivity index (χ0v) is 11.1. The monoisotopic (exact) mass is 271 g/mol. The van der Waals surface area contributed by atoms with E-state index in [1.54, 1.807) is 0 Å². The van der Waals surface area contributed by atoms with E-state index >= 15 is 0 Å². The van der Waals surface area contributed by atoms with E-state index < -0.39 is 10.0 Å². The molecule has 0 atom stereocenters. The average Bonchev–Trinajstić information content (AvgIpc) is 2.38. The number of nitrogens with zero attached hydrogens (tertiary/aromatic N) is 4. The Morgan fingerprint density at radius 3 is 2.33 bits per heavy atom. The summed E-state index contributed by atoms with van der Waals surface area (Å²) >= 11 is 0. The maximum atomic E-state index is 11.4. The van der Waals surface area contributed by atoms with Gasteiger partial charge in [0.2, 0.25) is 10.0 Å². The second kappa shape index (κ2) is 5.17. The van der Waals surface area contributed by atoms with E-state index in [-0.39, 0.29) is 0 Å². The van der Waals surface area contributed by atoms with E-state index in [9.17, 15) is 8.42 Å². The molecule has 1 aromatic heterocycles. The lowest BCUT2D eigenvalue weighted by Crippen LogP contribution is -2.48. The summed E-state index contributed by atoms with van der Waals surface area (Å²) in [7, 11) is -3.09. The molecule has 1 aliphatic rings. The summed E-state index contributed by atoms with van der Waals surface area (Å²) in [6, 6.07) is 3.70. The largest absolute Gasteiger partial charge is 0.352 e. The highest BCUT2D eigenvalue weighted by Crippen LogP contribution is 2.13. The van der Waals surface area contributed by atoms with Crippen LogP contribution in [-0.4, -0.2) is 55.4 Å². The summed E-state index contributed by atoms with van der Waals surface area (Å²) in [5, 5.41) is 8.08. The van der Waals surface area contributed by atoms with Gasteiger partial charge in [-0.15, -0.1) is 5.10 Å². The van der Waals surface area contributed by atoms with Crippen LogP contribution in [-0.2, 0) is 16.6 Å². The van der Waals surface area contributed by atoms with Crippen molar-refractivity contribution in [2.75, 3.05) is 37.3 Å². The van der Waals surface area contributed by atoms with E-state index in [2.05, 4.69) is 10.2 Å². The van der Waals surface area contributed by atoms with Crippen LogP contribution in [0.5, 0.6) is 0 Å². The summed E-state index contributed by atoms with van der Waals surface area (Å²) in [5.74, 6) is 0.764. The molecule has 2 N–H and O–H groups in total. The lowest BCUT2D eigenvalue weighted by molar-refractivity contribution is 0.386. The molecular weight excluding hydrogens is 254 g/mol. The number of anilines is 1. The molecule has 1 saturated heterocycles. The van der Waals surface area contributed by atoms with Crippen LogP contribution in [0.15, 0.2) is 12.1 Å². The summed E-state index contributed by atoms with van der Waals surface area (Å²) in [4.78, 5) is 2.02. The van der Waals surface area contributed by atoms with Crippen molar-refractivity contribution in [1.82, 2.24) is 14.5 Å². The van der Waals surface area contributed by atoms with Crippen molar-refractivity contribution >= 4 is 15.8 Å². The molecule has 0 aliphatic carbocycles. The van der Waals surface area contributed by atoms with Gasteiger partial charge in [-0.25, -0.2) is 8.42 Å². The second-order valence-electron chi connectivity index (χ2n) is 4.24. The fourth-order valence-corrected chi connectivity index (χ4v) is 2.71. The molecule has 18 heavy (non-hydrogen) atoms. The first kappa shape index (κ1) is 13.2. The number of piperazine rings is 1. The zero-order chi connectivity index (χ0) is 13.2. The van der Waals surface area contributed by atoms with E-state index in [1.165, 1.54) is 10.6 Å². The fraction of sp³-hybridized carbons (Fsp3) is 0.600. The second-order valence-corrected chi connectivity index (χ2v) is 6.22. The van der Waals surface area contributed by atoms with Gasteiger partial charge in [-0.05, 0) is 12.1 Å². The zero-order valence-electron chi connectivity index (χ0n) is 10.3. The summed E-state index contributed by atoms with van der Waals surface area (Å²) in [6.45, 7) is 2.60. The van der Waals surface area contributed by atoms with Crippen LogP contribution in [0.25, 0.3) is 0 Å². The number of nitrogens with two attached hydrogens (primary N) is 1. The Balaban J connectivity index is 2.01. The van der Waals surface area contributed by atoms with Crippen LogP contribution in [0, 0.1) is 0 Å². The third-order valence-corrected chi connectivity index (χ3v) is 4.25. The summed E-state index contributed by atoms with van der Waals surface area (Å²) < 4.78 is 24.2. The van der Waals surface area contributed by atoms with Gasteiger partial charge in [0.05, 0.1) is 11.9 Å². The van der Waals surface area contributed by atoms with Gasteiger partial charge < -0.3 is 10.6 Å². The Morgan fingerprint density at radius 1 is 1.22 bits per heavy atom. The normalized spacial score (nSPS) is 18.0. The van der Waals surface area contributed by atoms with Crippen LogP contribution in [0.2, 0.25) is 0 Å². The summed E-state index contributed by atoms with van der Waals surface area (Å²) in [6.07, 6.45) is 1.23. The Labute approximate surface area is 107 Å². The van der Waals surface area contributed by atoms with Crippen molar-refractivity contribution in [1.29, 1.82) is 0 Å². The van der Waals surface area contributed by atoms with E-state index in [1.807, 2.05) is 17.0 Å². The molecule has 0 spiro atoms. The molecule has 8 heteroatoms. The van der Waals surface area contributed by atoms with Gasteiger partial charge in [0, 0.05) is 32.7 Å². The lowest BCUT2D eigenvalue weighted by atomic mass is 10.3. The highest BCUT2D eigenvalue weighted by atomic mass is 32.2. The van der Waals surface area contributed by atoms with E-state index in [4.69, 9.17) is 5.73 Å². The minimum Gasteiger partial charge on any atom is -0.352 e. The molecule has 0 unspecified atom stereocenters. The van der Waals surface area contributed by atoms with E-state index in [0.29, 0.717) is 32.7 Å². The maximum Gasteiger partial charge on any atom is 0.211 e. The van der Waals surface area contributed by atoms with Crippen LogP contribution >= 0.6 is 0 Å². The van der Waals surface area contributed by atoms with Crippen molar-refractivity contribution in [3.8, 4) is 0 Å². The standard InChI is InChI=1S/C10H17N5O2S/c1-18(16,17)15-6-4-14(5-7-15)10-3-2-9(8-11)12-13-10/h2-3H,4-8,11H2,1H3. The molecule has 2 rings (SSSR count). The molecule has 0 saturated carbocycles. The SMILES string of the molecule is CS(=O)(=O)N1CCN(c2ccc(CN)nn2)CC1. The number of rotatable bonds is 3. The van der Waals surface area contributed by atoms with Gasteiger partial charge in [-0.2, -0.15) is 9.40 Å². The van der Waals surface area contributed by atoms with Crippen molar-refractivity contribution in [3.63, 3.8) is 0 Å². The highest BCUT2D eigenvalue weighted by molar-refractivity contribution is 7.88. The van der Waals surface area contributed by atoms with Gasteiger partial charge in [0.1, 0.15) is 0 Å². The molecule has 1 aliphatic heterocycles. The van der Waals surface area contributed by atoms with Crippen LogP contribution in [0.1, 0.15) is 5.69 Å². The lowest BCUT2D eigenvalue weighted by Gasteiger charge is -2.33. The Morgan fingerprint density at radius 2 is 1.89 bits per heavy atom. The molecule has 2 heterocycles. The Hall–Kier alpha value is -1.25. The topological polar surface area (TPSA) is 92.4 Å². The highest BCUT2D eigenvalue weighted by Gasteiger charge is 2.23. The molecule has 0 radical (unpaired) electrons.